The van der Waals surface area contributed by atoms with E-state index < -0.39 is 97.5 Å². The Morgan fingerprint density at radius 2 is 0.557 bits per heavy atom. The molecule has 0 bridgehead atoms. The summed E-state index contributed by atoms with van der Waals surface area (Å²) in [6.45, 7) is 7.21. The van der Waals surface area contributed by atoms with Gasteiger partial charge in [-0.1, -0.05) is 335 Å². The first-order valence-electron chi connectivity index (χ1n) is 40.0. The van der Waals surface area contributed by atoms with Crippen LogP contribution in [0.5, 0.6) is 0 Å². The van der Waals surface area contributed by atoms with Gasteiger partial charge in [-0.15, -0.1) is 0 Å². The lowest BCUT2D eigenvalue weighted by molar-refractivity contribution is -0.161. The van der Waals surface area contributed by atoms with E-state index in [0.29, 0.717) is 25.7 Å². The summed E-state index contributed by atoms with van der Waals surface area (Å²) in [4.78, 5) is 72.9. The zero-order chi connectivity index (χ0) is 71.2. The summed E-state index contributed by atoms with van der Waals surface area (Å²) in [5.74, 6) is -1.42. The maximum absolute atomic E-state index is 13.1. The van der Waals surface area contributed by atoms with Crippen molar-refractivity contribution in [2.75, 3.05) is 39.6 Å². The number of phosphoric acid groups is 2. The van der Waals surface area contributed by atoms with Crippen molar-refractivity contribution in [1.29, 1.82) is 0 Å². The van der Waals surface area contributed by atoms with E-state index in [1.165, 1.54) is 193 Å². The van der Waals surface area contributed by atoms with Crippen LogP contribution in [0.25, 0.3) is 0 Å². The SMILES string of the molecule is CCCCCC/C=C\C=C/CCCCCCCC(=O)OC[C@H](COP(=O)(O)OC[C@@H](O)COP(=O)(O)OC[C@@H](COC(=O)CCCCCCCCCCC(C)C)OC(=O)CCCCCCCCCCCCCCC)OC(=O)CCCCCCCCCCCCCCCCCCCC. The Bertz CT molecular complexity index is 1950. The van der Waals surface area contributed by atoms with Crippen LogP contribution < -0.4 is 0 Å². The van der Waals surface area contributed by atoms with E-state index in [-0.39, 0.29) is 25.7 Å². The molecular weight excluding hydrogens is 1270 g/mol. The molecule has 0 amide bonds. The molecule has 19 heteroatoms. The zero-order valence-electron chi connectivity index (χ0n) is 62.7. The van der Waals surface area contributed by atoms with Crippen molar-refractivity contribution in [3.05, 3.63) is 24.3 Å². The Morgan fingerprint density at radius 3 is 0.845 bits per heavy atom. The van der Waals surface area contributed by atoms with Gasteiger partial charge < -0.3 is 33.8 Å². The van der Waals surface area contributed by atoms with Crippen LogP contribution in [0, 0.1) is 5.92 Å². The molecule has 0 fully saturated rings. The smallest absolute Gasteiger partial charge is 0.462 e. The highest BCUT2D eigenvalue weighted by molar-refractivity contribution is 7.47. The molecule has 0 aliphatic heterocycles. The fourth-order valence-corrected chi connectivity index (χ4v) is 13.1. The van der Waals surface area contributed by atoms with Crippen LogP contribution in [-0.4, -0.2) is 96.7 Å². The van der Waals surface area contributed by atoms with Gasteiger partial charge in [-0.3, -0.25) is 37.3 Å². The Hall–Kier alpha value is -2.46. The lowest BCUT2D eigenvalue weighted by Crippen LogP contribution is -2.30. The number of allylic oxidation sites excluding steroid dienone is 4. The number of carbonyl (C=O) groups is 4. The number of aliphatic hydroxyl groups excluding tert-OH is 1. The first-order chi connectivity index (χ1) is 47.0. The van der Waals surface area contributed by atoms with Gasteiger partial charge >= 0.3 is 39.5 Å². The van der Waals surface area contributed by atoms with E-state index in [1.54, 1.807) is 0 Å². The first kappa shape index (κ1) is 94.5. The van der Waals surface area contributed by atoms with Gasteiger partial charge in [-0.2, -0.15) is 0 Å². The van der Waals surface area contributed by atoms with E-state index in [1.807, 2.05) is 0 Å². The van der Waals surface area contributed by atoms with E-state index in [2.05, 4.69) is 58.9 Å². The molecule has 5 atom stereocenters. The molecule has 0 aliphatic carbocycles. The van der Waals surface area contributed by atoms with Gasteiger partial charge in [0.05, 0.1) is 26.4 Å². The third kappa shape index (κ3) is 71.7. The van der Waals surface area contributed by atoms with Gasteiger partial charge in [0.15, 0.2) is 12.2 Å². The molecule has 572 valence electrons. The average molecular weight is 1420 g/mol. The summed E-state index contributed by atoms with van der Waals surface area (Å²) in [6.07, 6.45) is 63.2. The summed E-state index contributed by atoms with van der Waals surface area (Å²) in [5.41, 5.74) is 0. The number of hydrogen-bond acceptors (Lipinski definition) is 15. The third-order valence-corrected chi connectivity index (χ3v) is 19.6. The van der Waals surface area contributed by atoms with Crippen LogP contribution in [0.2, 0.25) is 0 Å². The van der Waals surface area contributed by atoms with Crippen LogP contribution >= 0.6 is 15.6 Å². The summed E-state index contributed by atoms with van der Waals surface area (Å²) in [7, 11) is -9.92. The van der Waals surface area contributed by atoms with Crippen molar-refractivity contribution in [2.45, 2.75) is 406 Å². The summed E-state index contributed by atoms with van der Waals surface area (Å²) in [6, 6.07) is 0. The molecule has 0 aromatic heterocycles. The van der Waals surface area contributed by atoms with E-state index in [4.69, 9.17) is 37.0 Å². The van der Waals surface area contributed by atoms with Crippen LogP contribution in [0.15, 0.2) is 24.3 Å². The van der Waals surface area contributed by atoms with Crippen LogP contribution in [-0.2, 0) is 65.4 Å². The van der Waals surface area contributed by atoms with Crippen LogP contribution in [0.3, 0.4) is 0 Å². The second-order valence-electron chi connectivity index (χ2n) is 27.9. The Labute approximate surface area is 592 Å². The second-order valence-corrected chi connectivity index (χ2v) is 30.8. The number of ether oxygens (including phenoxy) is 4. The molecule has 0 aliphatic rings. The van der Waals surface area contributed by atoms with Crippen molar-refractivity contribution in [3.8, 4) is 0 Å². The van der Waals surface area contributed by atoms with Crippen molar-refractivity contribution in [2.24, 2.45) is 5.92 Å². The molecule has 2 unspecified atom stereocenters. The molecule has 3 N–H and O–H groups in total. The molecule has 97 heavy (non-hydrogen) atoms. The highest BCUT2D eigenvalue weighted by Crippen LogP contribution is 2.45. The Balaban J connectivity index is 5.28. The van der Waals surface area contributed by atoms with Crippen LogP contribution in [0.1, 0.15) is 388 Å². The summed E-state index contributed by atoms with van der Waals surface area (Å²) < 4.78 is 68.6. The molecule has 0 saturated heterocycles. The molecule has 0 aromatic carbocycles. The number of rotatable bonds is 76. The molecule has 0 rings (SSSR count). The minimum Gasteiger partial charge on any atom is -0.462 e. The molecular formula is C78H148O17P2. The molecule has 0 saturated carbocycles. The van der Waals surface area contributed by atoms with Crippen LogP contribution in [0.4, 0.5) is 0 Å². The number of unbranched alkanes of at least 4 members (excludes halogenated alkanes) is 45. The quantitative estimate of drug-likeness (QED) is 0.0169. The monoisotopic (exact) mass is 1420 g/mol. The molecule has 0 heterocycles. The van der Waals surface area contributed by atoms with Crippen molar-refractivity contribution < 1.29 is 80.2 Å². The highest BCUT2D eigenvalue weighted by atomic mass is 31.2. The standard InChI is InChI=1S/C78H148O17P2/c1-6-9-12-15-18-21-24-27-29-30-31-33-36-39-42-49-54-59-64-78(83)94-73(67-88-75(80)61-56-51-46-40-37-35-32-28-25-22-19-16-13-10-7-2)69-92-96(84,85)90-65-72(79)66-91-97(86,87)93-70-74(68-89-76(81)62-57-52-47-44-43-45-50-55-60-71(4)5)95-77(82)63-58-53-48-41-38-34-26-23-20-17-14-11-8-3/h22,25,28,32,71-74,79H,6-21,23-24,26-27,29-31,33-70H2,1-5H3,(H,84,85)(H,86,87)/b25-22-,32-28-/t72-,73-,74-/m1/s1. The predicted molar refractivity (Wildman–Crippen MR) is 395 cm³/mol. The minimum atomic E-state index is -4.97. The number of phosphoric ester groups is 2. The Morgan fingerprint density at radius 1 is 0.320 bits per heavy atom. The largest absolute Gasteiger partial charge is 0.472 e. The van der Waals surface area contributed by atoms with Gasteiger partial charge in [-0.25, -0.2) is 9.13 Å². The van der Waals surface area contributed by atoms with Gasteiger partial charge in [0.2, 0.25) is 0 Å². The minimum absolute atomic E-state index is 0.102. The molecule has 0 aromatic rings. The number of esters is 4. The molecule has 17 nitrogen and oxygen atoms in total. The zero-order valence-corrected chi connectivity index (χ0v) is 64.5. The number of carbonyl (C=O) groups excluding carboxylic acids is 4. The van der Waals surface area contributed by atoms with E-state index in [0.717, 1.165) is 115 Å². The van der Waals surface area contributed by atoms with Gasteiger partial charge in [0.1, 0.15) is 19.3 Å². The fraction of sp³-hybridized carbons (Fsp3) is 0.897. The van der Waals surface area contributed by atoms with Crippen molar-refractivity contribution >= 4 is 39.5 Å². The lowest BCUT2D eigenvalue weighted by Gasteiger charge is -2.21. The Kier molecular flexibility index (Phi) is 68.8. The maximum Gasteiger partial charge on any atom is 0.472 e. The predicted octanol–water partition coefficient (Wildman–Crippen LogP) is 22.8. The van der Waals surface area contributed by atoms with Crippen molar-refractivity contribution in [1.82, 2.24) is 0 Å². The van der Waals surface area contributed by atoms with Gasteiger partial charge in [-0.05, 0) is 57.3 Å². The molecule has 0 radical (unpaired) electrons. The second kappa shape index (κ2) is 70.6. The van der Waals surface area contributed by atoms with Gasteiger partial charge in [0.25, 0.3) is 0 Å². The maximum atomic E-state index is 13.1. The third-order valence-electron chi connectivity index (χ3n) is 17.7. The van der Waals surface area contributed by atoms with Crippen molar-refractivity contribution in [3.63, 3.8) is 0 Å². The normalized spacial score (nSPS) is 14.1. The van der Waals surface area contributed by atoms with E-state index in [9.17, 15) is 43.2 Å². The summed E-state index contributed by atoms with van der Waals surface area (Å²) >= 11 is 0. The summed E-state index contributed by atoms with van der Waals surface area (Å²) in [5, 5.41) is 10.6. The fourth-order valence-electron chi connectivity index (χ4n) is 11.5. The lowest BCUT2D eigenvalue weighted by atomic mass is 10.0. The van der Waals surface area contributed by atoms with Gasteiger partial charge in [0, 0.05) is 25.7 Å². The topological polar surface area (TPSA) is 237 Å². The van der Waals surface area contributed by atoms with E-state index >= 15 is 0 Å². The number of hydrogen-bond donors (Lipinski definition) is 3. The first-order valence-corrected chi connectivity index (χ1v) is 42.9. The average Bonchev–Trinajstić information content (AvgIpc) is 1.30. The highest BCUT2D eigenvalue weighted by Gasteiger charge is 2.30. The number of aliphatic hydroxyl groups is 1. The molecule has 0 spiro atoms.